The molecular formula is C10H13N3OS. The van der Waals surface area contributed by atoms with Crippen molar-refractivity contribution in [1.29, 1.82) is 0 Å². The van der Waals surface area contributed by atoms with Crippen LogP contribution in [0.25, 0.3) is 0 Å². The maximum Gasteiger partial charge on any atom is 0.184 e. The Morgan fingerprint density at radius 2 is 2.13 bits per heavy atom. The second-order valence-corrected chi connectivity index (χ2v) is 3.27. The Hall–Kier alpha value is -1.46. The first-order valence-corrected chi connectivity index (χ1v) is 4.81. The number of hydrogen-bond acceptors (Lipinski definition) is 3. The maximum absolute atomic E-state index is 5.29. The second-order valence-electron chi connectivity index (χ2n) is 2.83. The van der Waals surface area contributed by atoms with Gasteiger partial charge < -0.3 is 10.5 Å². The van der Waals surface area contributed by atoms with Crippen LogP contribution in [0, 0.1) is 0 Å². The van der Waals surface area contributed by atoms with Gasteiger partial charge in [0, 0.05) is 12.7 Å². The van der Waals surface area contributed by atoms with Crippen LogP contribution in [-0.2, 0) is 4.74 Å². The van der Waals surface area contributed by atoms with Gasteiger partial charge in [-0.3, -0.25) is 5.43 Å². The largest absolute Gasteiger partial charge is 0.378 e. The molecule has 1 aromatic carbocycles. The van der Waals surface area contributed by atoms with E-state index in [4.69, 9.17) is 10.5 Å². The normalized spacial score (nSPS) is 11.1. The average molecular weight is 223 g/mol. The van der Waals surface area contributed by atoms with Gasteiger partial charge in [-0.15, -0.1) is 0 Å². The quantitative estimate of drug-likeness (QED) is 0.452. The maximum atomic E-state index is 5.29. The molecule has 0 spiro atoms. The monoisotopic (exact) mass is 223 g/mol. The lowest BCUT2D eigenvalue weighted by atomic mass is 10.1. The van der Waals surface area contributed by atoms with Gasteiger partial charge >= 0.3 is 0 Å². The molecule has 0 fully saturated rings. The SMILES string of the molecule is COCC(=NNC(N)=S)c1ccccc1. The van der Waals surface area contributed by atoms with Gasteiger partial charge in [-0.2, -0.15) is 5.10 Å². The van der Waals surface area contributed by atoms with E-state index in [1.807, 2.05) is 30.3 Å². The molecule has 1 rings (SSSR count). The van der Waals surface area contributed by atoms with E-state index in [0.29, 0.717) is 6.61 Å². The van der Waals surface area contributed by atoms with Crippen LogP contribution in [-0.4, -0.2) is 24.5 Å². The third-order valence-electron chi connectivity index (χ3n) is 1.69. The highest BCUT2D eigenvalue weighted by Gasteiger charge is 2.02. The number of hydrogen-bond donors (Lipinski definition) is 2. The topological polar surface area (TPSA) is 59.6 Å². The van der Waals surface area contributed by atoms with Crippen molar-refractivity contribution in [2.45, 2.75) is 0 Å². The number of methoxy groups -OCH3 is 1. The van der Waals surface area contributed by atoms with Crippen molar-refractivity contribution in [1.82, 2.24) is 5.43 Å². The average Bonchev–Trinajstić information content (AvgIpc) is 2.25. The van der Waals surface area contributed by atoms with E-state index in [0.717, 1.165) is 11.3 Å². The van der Waals surface area contributed by atoms with Crippen LogP contribution in [0.4, 0.5) is 0 Å². The number of hydrazone groups is 1. The molecule has 0 bridgehead atoms. The summed E-state index contributed by atoms with van der Waals surface area (Å²) in [5.41, 5.74) is 9.56. The summed E-state index contributed by atoms with van der Waals surface area (Å²) in [6.45, 7) is 0.402. The molecule has 4 nitrogen and oxygen atoms in total. The molecule has 5 heteroatoms. The summed E-state index contributed by atoms with van der Waals surface area (Å²) in [5, 5.41) is 4.20. The van der Waals surface area contributed by atoms with Gasteiger partial charge in [0.1, 0.15) is 0 Å². The number of nitrogens with one attached hydrogen (secondary N) is 1. The number of nitrogens with two attached hydrogens (primary N) is 1. The summed E-state index contributed by atoms with van der Waals surface area (Å²) >= 11 is 4.67. The Kier molecular flexibility index (Phi) is 4.73. The Bertz CT molecular complexity index is 351. The third-order valence-corrected chi connectivity index (χ3v) is 1.78. The van der Waals surface area contributed by atoms with Crippen LogP contribution in [0.1, 0.15) is 5.56 Å². The van der Waals surface area contributed by atoms with Crippen LogP contribution >= 0.6 is 12.2 Å². The Morgan fingerprint density at radius 3 is 2.67 bits per heavy atom. The van der Waals surface area contributed by atoms with Gasteiger partial charge in [0.05, 0.1) is 12.3 Å². The lowest BCUT2D eigenvalue weighted by Crippen LogP contribution is -2.26. The second kappa shape index (κ2) is 6.10. The van der Waals surface area contributed by atoms with Gasteiger partial charge in [-0.05, 0) is 12.2 Å². The van der Waals surface area contributed by atoms with Crippen LogP contribution in [0.2, 0.25) is 0 Å². The highest BCUT2D eigenvalue weighted by Crippen LogP contribution is 2.01. The van der Waals surface area contributed by atoms with Gasteiger partial charge in [0.2, 0.25) is 0 Å². The first-order chi connectivity index (χ1) is 7.24. The fraction of sp³-hybridized carbons (Fsp3) is 0.200. The van der Waals surface area contributed by atoms with Crippen LogP contribution in [0.3, 0.4) is 0 Å². The molecule has 0 amide bonds. The summed E-state index contributed by atoms with van der Waals surface area (Å²) in [7, 11) is 1.61. The molecule has 0 heterocycles. The van der Waals surface area contributed by atoms with Gasteiger partial charge in [-0.1, -0.05) is 30.3 Å². The fourth-order valence-corrected chi connectivity index (χ4v) is 1.12. The third kappa shape index (κ3) is 4.05. The summed E-state index contributed by atoms with van der Waals surface area (Å²) in [5.74, 6) is 0. The van der Waals surface area contributed by atoms with Gasteiger partial charge in [0.15, 0.2) is 5.11 Å². The van der Waals surface area contributed by atoms with Gasteiger partial charge in [-0.25, -0.2) is 0 Å². The minimum absolute atomic E-state index is 0.138. The lowest BCUT2D eigenvalue weighted by molar-refractivity contribution is 0.245. The number of thiocarbonyl (C=S) groups is 1. The van der Waals surface area contributed by atoms with Crippen molar-refractivity contribution in [3.63, 3.8) is 0 Å². The van der Waals surface area contributed by atoms with Crippen LogP contribution in [0.5, 0.6) is 0 Å². The molecule has 1 aromatic rings. The van der Waals surface area contributed by atoms with Crippen molar-refractivity contribution >= 4 is 23.0 Å². The first kappa shape index (κ1) is 11.6. The summed E-state index contributed by atoms with van der Waals surface area (Å²) in [4.78, 5) is 0. The van der Waals surface area contributed by atoms with E-state index in [1.165, 1.54) is 0 Å². The minimum Gasteiger partial charge on any atom is -0.378 e. The van der Waals surface area contributed by atoms with E-state index < -0.39 is 0 Å². The lowest BCUT2D eigenvalue weighted by Gasteiger charge is -2.05. The first-order valence-electron chi connectivity index (χ1n) is 4.40. The van der Waals surface area contributed by atoms with Crippen LogP contribution in [0.15, 0.2) is 35.4 Å². The molecule has 0 saturated carbocycles. The summed E-state index contributed by atoms with van der Waals surface area (Å²) in [6.07, 6.45) is 0. The molecule has 0 radical (unpaired) electrons. The number of nitrogens with zero attached hydrogens (tertiary/aromatic N) is 1. The smallest absolute Gasteiger partial charge is 0.184 e. The Balaban J connectivity index is 2.83. The molecule has 0 unspecified atom stereocenters. The highest BCUT2D eigenvalue weighted by atomic mass is 32.1. The molecule has 0 aliphatic heterocycles. The van der Waals surface area contributed by atoms with E-state index in [-0.39, 0.29) is 5.11 Å². The van der Waals surface area contributed by atoms with Crippen molar-refractivity contribution in [2.24, 2.45) is 10.8 Å². The molecule has 15 heavy (non-hydrogen) atoms. The minimum atomic E-state index is 0.138. The predicted octanol–water partition coefficient (Wildman–Crippen LogP) is 0.870. The van der Waals surface area contributed by atoms with E-state index in [1.54, 1.807) is 7.11 Å². The van der Waals surface area contributed by atoms with E-state index in [9.17, 15) is 0 Å². The summed E-state index contributed by atoms with van der Waals surface area (Å²) < 4.78 is 5.04. The van der Waals surface area contributed by atoms with Gasteiger partial charge in [0.25, 0.3) is 0 Å². The molecular weight excluding hydrogens is 210 g/mol. The predicted molar refractivity (Wildman–Crippen MR) is 64.8 cm³/mol. The molecule has 0 atom stereocenters. The molecule has 0 aliphatic carbocycles. The zero-order valence-electron chi connectivity index (χ0n) is 8.43. The Morgan fingerprint density at radius 1 is 1.47 bits per heavy atom. The molecule has 0 aliphatic rings. The molecule has 0 saturated heterocycles. The van der Waals surface area contributed by atoms with Crippen LogP contribution < -0.4 is 11.2 Å². The van der Waals surface area contributed by atoms with Crippen molar-refractivity contribution in [2.75, 3.05) is 13.7 Å². The fourth-order valence-electron chi connectivity index (χ4n) is 1.07. The van der Waals surface area contributed by atoms with E-state index >= 15 is 0 Å². The Labute approximate surface area is 94.1 Å². The van der Waals surface area contributed by atoms with E-state index in [2.05, 4.69) is 22.7 Å². The van der Waals surface area contributed by atoms with Crippen molar-refractivity contribution in [3.05, 3.63) is 35.9 Å². The van der Waals surface area contributed by atoms with Crippen molar-refractivity contribution in [3.8, 4) is 0 Å². The molecule has 0 aromatic heterocycles. The number of ether oxygens (including phenoxy) is 1. The van der Waals surface area contributed by atoms with Crippen molar-refractivity contribution < 1.29 is 4.74 Å². The summed E-state index contributed by atoms with van der Waals surface area (Å²) in [6, 6.07) is 9.69. The number of benzene rings is 1. The standard InChI is InChI=1S/C10H13N3OS/c1-14-7-9(12-13-10(11)15)8-5-3-2-4-6-8/h2-6H,7H2,1H3,(H3,11,13,15). The zero-order chi connectivity index (χ0) is 11.1. The zero-order valence-corrected chi connectivity index (χ0v) is 9.25. The number of rotatable bonds is 4. The molecule has 3 N–H and O–H groups in total. The molecule has 80 valence electrons. The highest BCUT2D eigenvalue weighted by molar-refractivity contribution is 7.80.